The maximum Gasteiger partial charge on any atom is 0.203 e. The number of hydrogen-bond donors (Lipinski definition) is 1. The first kappa shape index (κ1) is 10.1. The Hall–Kier alpha value is -0.400. The van der Waals surface area contributed by atoms with Gasteiger partial charge in [-0.1, -0.05) is 22.9 Å². The van der Waals surface area contributed by atoms with E-state index in [1.165, 1.54) is 11.3 Å². The Bertz CT molecular complexity index is 471. The number of aromatic nitrogens is 2. The summed E-state index contributed by atoms with van der Waals surface area (Å²) in [6.45, 7) is 0. The summed E-state index contributed by atoms with van der Waals surface area (Å²) in [7, 11) is 0. The summed E-state index contributed by atoms with van der Waals surface area (Å²) in [6, 6.07) is 5.63. The molecule has 1 aromatic heterocycles. The Labute approximate surface area is 103 Å². The standard InChI is InChI=1S/C8H5ClIN3S/c9-4-1-2-5(6(10)3-4)7-12-13-8(11)14-7/h1-3H,(H2,11,13). The van der Waals surface area contributed by atoms with Crippen LogP contribution in [0.5, 0.6) is 0 Å². The molecule has 0 aliphatic carbocycles. The van der Waals surface area contributed by atoms with Gasteiger partial charge in [0.15, 0.2) is 5.01 Å². The van der Waals surface area contributed by atoms with Crippen molar-refractivity contribution in [1.29, 1.82) is 0 Å². The Morgan fingerprint density at radius 3 is 2.71 bits per heavy atom. The van der Waals surface area contributed by atoms with E-state index >= 15 is 0 Å². The molecule has 0 aliphatic rings. The molecule has 0 saturated carbocycles. The Morgan fingerprint density at radius 1 is 1.36 bits per heavy atom. The molecule has 2 rings (SSSR count). The molecule has 2 N–H and O–H groups in total. The monoisotopic (exact) mass is 337 g/mol. The van der Waals surface area contributed by atoms with E-state index in [9.17, 15) is 0 Å². The van der Waals surface area contributed by atoms with Crippen LogP contribution in [0.4, 0.5) is 5.13 Å². The Balaban J connectivity index is 2.52. The quantitative estimate of drug-likeness (QED) is 0.814. The summed E-state index contributed by atoms with van der Waals surface area (Å²) in [6.07, 6.45) is 0. The van der Waals surface area contributed by atoms with Crippen molar-refractivity contribution in [2.24, 2.45) is 0 Å². The van der Waals surface area contributed by atoms with E-state index in [2.05, 4.69) is 32.8 Å². The molecule has 0 radical (unpaired) electrons. The lowest BCUT2D eigenvalue weighted by Gasteiger charge is -1.99. The van der Waals surface area contributed by atoms with Crippen LogP contribution in [0.1, 0.15) is 0 Å². The molecule has 1 heterocycles. The molecule has 0 aliphatic heterocycles. The predicted octanol–water partition coefficient (Wildman–Crippen LogP) is 3.05. The molecule has 0 bridgehead atoms. The number of rotatable bonds is 1. The van der Waals surface area contributed by atoms with Gasteiger partial charge in [-0.15, -0.1) is 10.2 Å². The third-order valence-electron chi connectivity index (χ3n) is 1.60. The highest BCUT2D eigenvalue weighted by molar-refractivity contribution is 14.1. The van der Waals surface area contributed by atoms with Gasteiger partial charge in [0.05, 0.1) is 0 Å². The summed E-state index contributed by atoms with van der Waals surface area (Å²) in [5, 5.41) is 9.76. The molecule has 2 aromatic rings. The first-order chi connectivity index (χ1) is 6.66. The number of nitrogens with two attached hydrogens (primary N) is 1. The van der Waals surface area contributed by atoms with Gasteiger partial charge in [0.2, 0.25) is 5.13 Å². The number of halogens is 2. The van der Waals surface area contributed by atoms with Gasteiger partial charge in [-0.25, -0.2) is 0 Å². The maximum absolute atomic E-state index is 5.85. The van der Waals surface area contributed by atoms with E-state index in [1.54, 1.807) is 0 Å². The average molecular weight is 338 g/mol. The van der Waals surface area contributed by atoms with Crippen molar-refractivity contribution >= 4 is 50.7 Å². The van der Waals surface area contributed by atoms with Crippen molar-refractivity contribution in [3.63, 3.8) is 0 Å². The van der Waals surface area contributed by atoms with E-state index in [1.807, 2.05) is 18.2 Å². The van der Waals surface area contributed by atoms with Crippen molar-refractivity contribution in [2.75, 3.05) is 5.73 Å². The molecule has 0 amide bonds. The molecule has 6 heteroatoms. The fourth-order valence-corrected chi connectivity index (χ4v) is 2.97. The second-order valence-electron chi connectivity index (χ2n) is 2.57. The molecular formula is C8H5ClIN3S. The van der Waals surface area contributed by atoms with Gasteiger partial charge >= 0.3 is 0 Å². The minimum absolute atomic E-state index is 0.478. The lowest BCUT2D eigenvalue weighted by Crippen LogP contribution is -1.82. The van der Waals surface area contributed by atoms with Gasteiger partial charge in [0.1, 0.15) is 0 Å². The lowest BCUT2D eigenvalue weighted by molar-refractivity contribution is 1.10. The minimum atomic E-state index is 0.478. The first-order valence-electron chi connectivity index (χ1n) is 3.71. The highest BCUT2D eigenvalue weighted by Crippen LogP contribution is 2.30. The maximum atomic E-state index is 5.85. The lowest BCUT2D eigenvalue weighted by atomic mass is 10.2. The second-order valence-corrected chi connectivity index (χ2v) is 5.18. The molecule has 0 saturated heterocycles. The third-order valence-corrected chi connectivity index (χ3v) is 3.52. The van der Waals surface area contributed by atoms with E-state index in [0.29, 0.717) is 5.13 Å². The molecule has 0 spiro atoms. The van der Waals surface area contributed by atoms with Crippen LogP contribution in [0.2, 0.25) is 5.02 Å². The highest BCUT2D eigenvalue weighted by atomic mass is 127. The van der Waals surface area contributed by atoms with E-state index < -0.39 is 0 Å². The van der Waals surface area contributed by atoms with Crippen LogP contribution in [-0.4, -0.2) is 10.2 Å². The van der Waals surface area contributed by atoms with Crippen LogP contribution in [-0.2, 0) is 0 Å². The van der Waals surface area contributed by atoms with Gasteiger partial charge in [0, 0.05) is 14.2 Å². The molecule has 3 nitrogen and oxygen atoms in total. The molecule has 0 fully saturated rings. The van der Waals surface area contributed by atoms with Crippen LogP contribution < -0.4 is 5.73 Å². The van der Waals surface area contributed by atoms with E-state index in [0.717, 1.165) is 19.2 Å². The summed E-state index contributed by atoms with van der Waals surface area (Å²) in [5.41, 5.74) is 6.53. The van der Waals surface area contributed by atoms with Crippen LogP contribution in [0.15, 0.2) is 18.2 Å². The van der Waals surface area contributed by atoms with Gasteiger partial charge in [-0.05, 0) is 40.8 Å². The highest BCUT2D eigenvalue weighted by Gasteiger charge is 2.08. The summed E-state index contributed by atoms with van der Waals surface area (Å²) < 4.78 is 1.05. The number of nitrogens with zero attached hydrogens (tertiary/aromatic N) is 2. The van der Waals surface area contributed by atoms with E-state index in [4.69, 9.17) is 17.3 Å². The topological polar surface area (TPSA) is 51.8 Å². The van der Waals surface area contributed by atoms with E-state index in [-0.39, 0.29) is 0 Å². The van der Waals surface area contributed by atoms with Crippen molar-refractivity contribution < 1.29 is 0 Å². The van der Waals surface area contributed by atoms with Gasteiger partial charge < -0.3 is 5.73 Å². The van der Waals surface area contributed by atoms with Gasteiger partial charge in [-0.3, -0.25) is 0 Å². The van der Waals surface area contributed by atoms with Crippen LogP contribution in [0.25, 0.3) is 10.6 Å². The predicted molar refractivity (Wildman–Crippen MR) is 67.5 cm³/mol. The minimum Gasteiger partial charge on any atom is -0.374 e. The first-order valence-corrected chi connectivity index (χ1v) is 5.98. The zero-order valence-electron chi connectivity index (χ0n) is 6.87. The fraction of sp³-hybridized carbons (Fsp3) is 0. The molecular weight excluding hydrogens is 333 g/mol. The number of hydrogen-bond acceptors (Lipinski definition) is 4. The number of anilines is 1. The fourth-order valence-electron chi connectivity index (χ4n) is 1.01. The largest absolute Gasteiger partial charge is 0.374 e. The Kier molecular flexibility index (Phi) is 2.89. The van der Waals surface area contributed by atoms with Gasteiger partial charge in [0.25, 0.3) is 0 Å². The summed E-state index contributed by atoms with van der Waals surface area (Å²) >= 11 is 9.43. The molecule has 14 heavy (non-hydrogen) atoms. The molecule has 0 unspecified atom stereocenters. The van der Waals surface area contributed by atoms with Crippen molar-refractivity contribution in [3.05, 3.63) is 26.8 Å². The molecule has 72 valence electrons. The normalized spacial score (nSPS) is 10.4. The zero-order chi connectivity index (χ0) is 10.1. The smallest absolute Gasteiger partial charge is 0.203 e. The van der Waals surface area contributed by atoms with Gasteiger partial charge in [-0.2, -0.15) is 0 Å². The summed E-state index contributed by atoms with van der Waals surface area (Å²) in [4.78, 5) is 0. The van der Waals surface area contributed by atoms with Crippen LogP contribution in [0, 0.1) is 3.57 Å². The average Bonchev–Trinajstić information content (AvgIpc) is 2.51. The molecule has 1 aromatic carbocycles. The van der Waals surface area contributed by atoms with Crippen LogP contribution in [0.3, 0.4) is 0 Å². The second kappa shape index (κ2) is 4.00. The molecule has 0 atom stereocenters. The van der Waals surface area contributed by atoms with Crippen LogP contribution >= 0.6 is 45.5 Å². The SMILES string of the molecule is Nc1nnc(-c2ccc(Cl)cc2I)s1. The Morgan fingerprint density at radius 2 is 2.14 bits per heavy atom. The van der Waals surface area contributed by atoms with Crippen molar-refractivity contribution in [2.45, 2.75) is 0 Å². The van der Waals surface area contributed by atoms with Crippen molar-refractivity contribution in [3.8, 4) is 10.6 Å². The zero-order valence-corrected chi connectivity index (χ0v) is 10.6. The van der Waals surface area contributed by atoms with Crippen molar-refractivity contribution in [1.82, 2.24) is 10.2 Å². The number of nitrogen functional groups attached to an aromatic ring is 1. The third kappa shape index (κ3) is 1.99. The summed E-state index contributed by atoms with van der Waals surface area (Å²) in [5.74, 6) is 0. The number of benzene rings is 1.